The summed E-state index contributed by atoms with van der Waals surface area (Å²) < 4.78 is 28.1. The number of carbonyl (C=O) groups excluding carboxylic acids is 1. The Labute approximate surface area is 153 Å². The van der Waals surface area contributed by atoms with Crippen LogP contribution in [0.3, 0.4) is 0 Å². The molecule has 0 spiro atoms. The van der Waals surface area contributed by atoms with Crippen LogP contribution in [0.25, 0.3) is 10.2 Å². The van der Waals surface area contributed by atoms with Gasteiger partial charge in [-0.15, -0.1) is 22.7 Å². The largest absolute Gasteiger partial charge is 0.325 e. The van der Waals surface area contributed by atoms with E-state index in [1.165, 1.54) is 27.0 Å². The van der Waals surface area contributed by atoms with E-state index in [9.17, 15) is 13.2 Å². The van der Waals surface area contributed by atoms with Gasteiger partial charge in [0.1, 0.15) is 10.3 Å². The van der Waals surface area contributed by atoms with Crippen molar-refractivity contribution in [1.82, 2.24) is 9.29 Å². The number of benzene rings is 1. The smallest absolute Gasteiger partial charge is 0.253 e. The van der Waals surface area contributed by atoms with E-state index in [1.54, 1.807) is 29.1 Å². The highest BCUT2D eigenvalue weighted by molar-refractivity contribution is 7.91. The Bertz CT molecular complexity index is 1010. The van der Waals surface area contributed by atoms with E-state index in [2.05, 4.69) is 10.3 Å². The highest BCUT2D eigenvalue weighted by Crippen LogP contribution is 2.29. The molecule has 0 unspecified atom stereocenters. The lowest BCUT2D eigenvalue weighted by atomic mass is 10.2. The van der Waals surface area contributed by atoms with Crippen LogP contribution in [0.15, 0.2) is 45.4 Å². The highest BCUT2D eigenvalue weighted by atomic mass is 32.2. The number of nitrogens with one attached hydrogen (secondary N) is 1. The monoisotopic (exact) mass is 393 g/mol. The van der Waals surface area contributed by atoms with Crippen LogP contribution in [0.2, 0.25) is 0 Å². The van der Waals surface area contributed by atoms with Crippen molar-refractivity contribution >= 4 is 54.5 Å². The molecule has 3 aromatic rings. The maximum atomic E-state index is 12.8. The third-order valence-corrected chi connectivity index (χ3v) is 8.24. The van der Waals surface area contributed by atoms with Gasteiger partial charge in [0.15, 0.2) is 0 Å². The molecule has 2 aromatic heterocycles. The maximum absolute atomic E-state index is 12.8. The second-order valence-corrected chi connectivity index (χ2v) is 9.68. The summed E-state index contributed by atoms with van der Waals surface area (Å²) in [4.78, 5) is 16.9. The van der Waals surface area contributed by atoms with Crippen molar-refractivity contribution in [2.24, 2.45) is 0 Å². The number of thiophene rings is 1. The molecule has 6 nitrogen and oxygen atoms in total. The van der Waals surface area contributed by atoms with Crippen LogP contribution in [-0.2, 0) is 14.8 Å². The minimum absolute atomic E-state index is 0.276. The molecule has 1 aliphatic rings. The first-order valence-corrected chi connectivity index (χ1v) is 10.9. The number of hydrogen-bond acceptors (Lipinski definition) is 6. The Morgan fingerprint density at radius 3 is 2.96 bits per heavy atom. The number of hydrogen-bond donors (Lipinski definition) is 1. The van der Waals surface area contributed by atoms with Gasteiger partial charge in [0, 0.05) is 12.2 Å². The standard InChI is InChI=1S/C16H15N3O3S3/c20-16(18-11-5-6-12-14(9-11)24-10-17-12)13-3-1-7-19(13)25(21,22)15-4-2-8-23-15/h2,4-6,8-10,13H,1,3,7H2,(H,18,20)/t13-/m1/s1. The van der Waals surface area contributed by atoms with E-state index in [0.717, 1.165) is 10.2 Å². The van der Waals surface area contributed by atoms with Crippen LogP contribution in [0.5, 0.6) is 0 Å². The molecule has 25 heavy (non-hydrogen) atoms. The molecule has 1 N–H and O–H groups in total. The molecule has 0 aliphatic carbocycles. The van der Waals surface area contributed by atoms with Crippen molar-refractivity contribution in [2.45, 2.75) is 23.1 Å². The quantitative estimate of drug-likeness (QED) is 0.738. The molecule has 1 saturated heterocycles. The fourth-order valence-electron chi connectivity index (χ4n) is 2.97. The Balaban J connectivity index is 1.56. The summed E-state index contributed by atoms with van der Waals surface area (Å²) in [5, 5.41) is 4.57. The van der Waals surface area contributed by atoms with Crippen molar-refractivity contribution < 1.29 is 13.2 Å². The van der Waals surface area contributed by atoms with E-state index < -0.39 is 16.1 Å². The Kier molecular flexibility index (Phi) is 4.32. The van der Waals surface area contributed by atoms with Gasteiger partial charge in [-0.25, -0.2) is 13.4 Å². The molecule has 9 heteroatoms. The lowest BCUT2D eigenvalue weighted by Gasteiger charge is -2.22. The van der Waals surface area contributed by atoms with Gasteiger partial charge in [0.05, 0.1) is 15.7 Å². The van der Waals surface area contributed by atoms with Gasteiger partial charge in [-0.3, -0.25) is 4.79 Å². The molecule has 0 saturated carbocycles. The Morgan fingerprint density at radius 1 is 1.28 bits per heavy atom. The van der Waals surface area contributed by atoms with Crippen LogP contribution >= 0.6 is 22.7 Å². The number of aromatic nitrogens is 1. The summed E-state index contributed by atoms with van der Waals surface area (Å²) in [6.07, 6.45) is 1.20. The molecule has 1 amide bonds. The summed E-state index contributed by atoms with van der Waals surface area (Å²) in [6, 6.07) is 8.09. The molecule has 1 atom stereocenters. The van der Waals surface area contributed by atoms with Crippen LogP contribution in [0, 0.1) is 0 Å². The lowest BCUT2D eigenvalue weighted by Crippen LogP contribution is -2.42. The first-order chi connectivity index (χ1) is 12.1. The molecule has 0 radical (unpaired) electrons. The number of fused-ring (bicyclic) bond motifs is 1. The van der Waals surface area contributed by atoms with Crippen LogP contribution in [0.4, 0.5) is 5.69 Å². The van der Waals surface area contributed by atoms with E-state index in [4.69, 9.17) is 0 Å². The van der Waals surface area contributed by atoms with Gasteiger partial charge in [0.2, 0.25) is 5.91 Å². The van der Waals surface area contributed by atoms with Crippen LogP contribution < -0.4 is 5.32 Å². The predicted octanol–water partition coefficient (Wildman–Crippen LogP) is 3.15. The molecular weight excluding hydrogens is 378 g/mol. The summed E-state index contributed by atoms with van der Waals surface area (Å²) in [5.41, 5.74) is 3.29. The number of thiazole rings is 1. The van der Waals surface area contributed by atoms with Crippen molar-refractivity contribution in [3.63, 3.8) is 0 Å². The average Bonchev–Trinajstić information content (AvgIpc) is 3.33. The minimum Gasteiger partial charge on any atom is -0.325 e. The van der Waals surface area contributed by atoms with Gasteiger partial charge in [-0.1, -0.05) is 6.07 Å². The molecule has 1 fully saturated rings. The third-order valence-electron chi connectivity index (χ3n) is 4.16. The molecule has 3 heterocycles. The Morgan fingerprint density at radius 2 is 2.16 bits per heavy atom. The first kappa shape index (κ1) is 16.6. The number of carbonyl (C=O) groups is 1. The number of amides is 1. The summed E-state index contributed by atoms with van der Waals surface area (Å²) in [7, 11) is -3.62. The summed E-state index contributed by atoms with van der Waals surface area (Å²) >= 11 is 2.67. The lowest BCUT2D eigenvalue weighted by molar-refractivity contribution is -0.119. The number of anilines is 1. The van der Waals surface area contributed by atoms with Gasteiger partial charge < -0.3 is 5.32 Å². The first-order valence-electron chi connectivity index (χ1n) is 7.75. The molecule has 0 bridgehead atoms. The van der Waals surface area contributed by atoms with Crippen molar-refractivity contribution in [2.75, 3.05) is 11.9 Å². The zero-order chi connectivity index (χ0) is 17.4. The van der Waals surface area contributed by atoms with Crippen molar-refractivity contribution in [3.05, 3.63) is 41.2 Å². The molecule has 4 rings (SSSR count). The average molecular weight is 394 g/mol. The zero-order valence-electron chi connectivity index (χ0n) is 13.1. The van der Waals surface area contributed by atoms with Gasteiger partial charge in [0.25, 0.3) is 10.0 Å². The molecule has 130 valence electrons. The van der Waals surface area contributed by atoms with Crippen LogP contribution in [-0.4, -0.2) is 36.2 Å². The number of nitrogens with zero attached hydrogens (tertiary/aromatic N) is 2. The van der Waals surface area contributed by atoms with E-state index in [0.29, 0.717) is 25.1 Å². The second-order valence-electron chi connectivity index (χ2n) is 5.73. The number of rotatable bonds is 4. The molecule has 1 aliphatic heterocycles. The van der Waals surface area contributed by atoms with E-state index in [-0.39, 0.29) is 10.1 Å². The number of sulfonamides is 1. The normalized spacial score (nSPS) is 18.6. The fraction of sp³-hybridized carbons (Fsp3) is 0.250. The van der Waals surface area contributed by atoms with Gasteiger partial charge >= 0.3 is 0 Å². The van der Waals surface area contributed by atoms with E-state index in [1.807, 2.05) is 12.1 Å². The van der Waals surface area contributed by atoms with Crippen molar-refractivity contribution in [3.8, 4) is 0 Å². The Hall–Kier alpha value is -1.81. The maximum Gasteiger partial charge on any atom is 0.253 e. The topological polar surface area (TPSA) is 79.4 Å². The van der Waals surface area contributed by atoms with Crippen LogP contribution in [0.1, 0.15) is 12.8 Å². The highest BCUT2D eigenvalue weighted by Gasteiger charge is 2.39. The summed E-state index contributed by atoms with van der Waals surface area (Å²) in [5.74, 6) is -0.290. The SMILES string of the molecule is O=C(Nc1ccc2ncsc2c1)[C@H]1CCCN1S(=O)(=O)c1cccs1. The van der Waals surface area contributed by atoms with Gasteiger partial charge in [-0.05, 0) is 42.5 Å². The molecule has 1 aromatic carbocycles. The van der Waals surface area contributed by atoms with E-state index >= 15 is 0 Å². The summed E-state index contributed by atoms with van der Waals surface area (Å²) in [6.45, 7) is 0.367. The van der Waals surface area contributed by atoms with Gasteiger partial charge in [-0.2, -0.15) is 4.31 Å². The second kappa shape index (κ2) is 6.49. The fourth-order valence-corrected chi connectivity index (χ4v) is 6.47. The third kappa shape index (κ3) is 3.08. The van der Waals surface area contributed by atoms with Crippen molar-refractivity contribution in [1.29, 1.82) is 0 Å². The predicted molar refractivity (Wildman–Crippen MR) is 99.5 cm³/mol. The molecular formula is C16H15N3O3S3. The zero-order valence-corrected chi connectivity index (χ0v) is 15.5. The minimum atomic E-state index is -3.62.